The molecule has 6 rings (SSSR count). The van der Waals surface area contributed by atoms with E-state index in [-0.39, 0.29) is 23.6 Å². The van der Waals surface area contributed by atoms with Crippen LogP contribution in [-0.4, -0.2) is 46.5 Å². The minimum Gasteiger partial charge on any atom is -0.452 e. The van der Waals surface area contributed by atoms with Gasteiger partial charge in [0, 0.05) is 12.3 Å². The molecule has 2 N–H and O–H groups in total. The Kier molecular flexibility index (Phi) is 7.82. The number of amides is 1. The molecule has 0 radical (unpaired) electrons. The smallest absolute Gasteiger partial charge is 0.327 e. The molecule has 1 unspecified atom stereocenters. The second-order valence-electron chi connectivity index (χ2n) is 10.5. The first-order valence-corrected chi connectivity index (χ1v) is 14.8. The number of nitrogens with two attached hydrogens (primary N) is 1. The van der Waals surface area contributed by atoms with E-state index in [2.05, 4.69) is 0 Å². The summed E-state index contributed by atoms with van der Waals surface area (Å²) in [6, 6.07) is 36.8. The predicted molar refractivity (Wildman–Crippen MR) is 160 cm³/mol. The minimum atomic E-state index is -1.76. The fourth-order valence-electron chi connectivity index (χ4n) is 5.41. The Morgan fingerprint density at radius 2 is 1.05 bits per heavy atom. The second-order valence-corrected chi connectivity index (χ2v) is 11.6. The van der Waals surface area contributed by atoms with Gasteiger partial charge in [0.25, 0.3) is 0 Å². The summed E-state index contributed by atoms with van der Waals surface area (Å²) in [5.74, 6) is -1.73. The maximum atomic E-state index is 14.3. The van der Waals surface area contributed by atoms with Gasteiger partial charge in [-0.15, -0.1) is 11.8 Å². The molecule has 4 aromatic carbocycles. The van der Waals surface area contributed by atoms with Gasteiger partial charge in [0.15, 0.2) is 17.6 Å². The lowest BCUT2D eigenvalue weighted by Gasteiger charge is -2.52. The molecular formula is C34H30N2O5S. The summed E-state index contributed by atoms with van der Waals surface area (Å²) < 4.78 is 12.5. The molecule has 1 amide bonds. The molecule has 4 aromatic rings. The zero-order chi connectivity index (χ0) is 29.1. The Hall–Kier alpha value is -4.40. The quantitative estimate of drug-likeness (QED) is 0.181. The number of hydrogen-bond donors (Lipinski definition) is 1. The van der Waals surface area contributed by atoms with E-state index in [9.17, 15) is 14.4 Å². The lowest BCUT2D eigenvalue weighted by molar-refractivity contribution is -0.180. The van der Waals surface area contributed by atoms with Crippen LogP contribution in [0, 0.1) is 5.41 Å². The number of rotatable bonds is 8. The molecule has 2 atom stereocenters. The Labute approximate surface area is 248 Å². The molecule has 0 aromatic heterocycles. The minimum absolute atomic E-state index is 0.0689. The van der Waals surface area contributed by atoms with E-state index < -0.39 is 35.6 Å². The Balaban J connectivity index is 1.37. The van der Waals surface area contributed by atoms with Crippen LogP contribution in [0.25, 0.3) is 0 Å². The Morgan fingerprint density at radius 1 is 0.690 bits per heavy atom. The number of benzene rings is 4. The van der Waals surface area contributed by atoms with Crippen LogP contribution >= 0.6 is 11.8 Å². The van der Waals surface area contributed by atoms with E-state index in [1.54, 1.807) is 0 Å². The third-order valence-electron chi connectivity index (χ3n) is 7.76. The van der Waals surface area contributed by atoms with Crippen molar-refractivity contribution >= 4 is 29.6 Å². The van der Waals surface area contributed by atoms with Crippen LogP contribution < -0.4 is 5.73 Å². The lowest BCUT2D eigenvalue weighted by Crippen LogP contribution is -2.73. The van der Waals surface area contributed by atoms with E-state index in [1.807, 2.05) is 121 Å². The van der Waals surface area contributed by atoms with Crippen molar-refractivity contribution in [3.63, 3.8) is 0 Å². The van der Waals surface area contributed by atoms with Crippen LogP contribution in [-0.2, 0) is 23.9 Å². The van der Waals surface area contributed by atoms with E-state index in [4.69, 9.17) is 15.2 Å². The van der Waals surface area contributed by atoms with Crippen LogP contribution in [0.5, 0.6) is 0 Å². The average molecular weight is 579 g/mol. The predicted octanol–water partition coefficient (Wildman–Crippen LogP) is 4.88. The highest BCUT2D eigenvalue weighted by atomic mass is 32.2. The standard InChI is InChI=1S/C34H30N2O5S/c35-27-30(37)36-21-34(22-42-31(27)36,32(38)40-28(23-13-5-1-6-14-23)24-15-7-2-8-16-24)33(39)41-29(25-17-9-3-10-18-25)26-19-11-4-12-20-26/h1-20,27-29,31H,21-22,35H2/t27?,31-/m1/s1. The summed E-state index contributed by atoms with van der Waals surface area (Å²) in [7, 11) is 0. The summed E-state index contributed by atoms with van der Waals surface area (Å²) in [5.41, 5.74) is 7.31. The van der Waals surface area contributed by atoms with Crippen molar-refractivity contribution in [1.82, 2.24) is 4.90 Å². The molecule has 0 saturated carbocycles. The van der Waals surface area contributed by atoms with Gasteiger partial charge in [-0.05, 0) is 22.3 Å². The molecule has 2 fully saturated rings. The molecule has 0 spiro atoms. The third-order valence-corrected chi connectivity index (χ3v) is 9.31. The number of carbonyl (C=O) groups excluding carboxylic acids is 3. The molecule has 0 aliphatic carbocycles. The summed E-state index contributed by atoms with van der Waals surface area (Å²) in [5, 5.41) is -0.302. The second kappa shape index (κ2) is 11.8. The normalized spacial score (nSPS) is 19.1. The topological polar surface area (TPSA) is 98.9 Å². The van der Waals surface area contributed by atoms with Crippen LogP contribution in [0.2, 0.25) is 0 Å². The van der Waals surface area contributed by atoms with Gasteiger partial charge < -0.3 is 20.1 Å². The van der Waals surface area contributed by atoms with Crippen LogP contribution in [0.15, 0.2) is 121 Å². The SMILES string of the molecule is NC1C(=O)N2CC(C(=O)OC(c3ccccc3)c3ccccc3)(C(=O)OC(c3ccccc3)c3ccccc3)CS[C@H]12. The molecule has 2 aliphatic heterocycles. The average Bonchev–Trinajstić information content (AvgIpc) is 3.06. The fraction of sp³-hybridized carbons (Fsp3) is 0.206. The van der Waals surface area contributed by atoms with Gasteiger partial charge in [-0.1, -0.05) is 121 Å². The van der Waals surface area contributed by atoms with Gasteiger partial charge in [0.2, 0.25) is 5.91 Å². The van der Waals surface area contributed by atoms with E-state index in [0.717, 1.165) is 22.3 Å². The molecule has 2 saturated heterocycles. The first-order valence-electron chi connectivity index (χ1n) is 13.8. The molecule has 42 heavy (non-hydrogen) atoms. The monoisotopic (exact) mass is 578 g/mol. The fourth-order valence-corrected chi connectivity index (χ4v) is 6.88. The zero-order valence-electron chi connectivity index (χ0n) is 22.7. The summed E-state index contributed by atoms with van der Waals surface area (Å²) in [4.78, 5) is 42.9. The van der Waals surface area contributed by atoms with Crippen molar-refractivity contribution < 1.29 is 23.9 Å². The van der Waals surface area contributed by atoms with Crippen molar-refractivity contribution in [2.75, 3.05) is 12.3 Å². The van der Waals surface area contributed by atoms with Gasteiger partial charge in [-0.2, -0.15) is 0 Å². The first kappa shape index (κ1) is 27.8. The highest BCUT2D eigenvalue weighted by Crippen LogP contribution is 2.45. The van der Waals surface area contributed by atoms with Gasteiger partial charge in [-0.25, -0.2) is 0 Å². The molecule has 2 heterocycles. The highest BCUT2D eigenvalue weighted by Gasteiger charge is 2.61. The summed E-state index contributed by atoms with van der Waals surface area (Å²) in [6.07, 6.45) is -1.53. The van der Waals surface area contributed by atoms with Crippen LogP contribution in [0.3, 0.4) is 0 Å². The number of β-lactam (4-membered cyclic amide) rings is 1. The van der Waals surface area contributed by atoms with Crippen LogP contribution in [0.4, 0.5) is 0 Å². The van der Waals surface area contributed by atoms with E-state index in [1.165, 1.54) is 16.7 Å². The van der Waals surface area contributed by atoms with Crippen molar-refractivity contribution in [3.8, 4) is 0 Å². The van der Waals surface area contributed by atoms with E-state index in [0.29, 0.717) is 0 Å². The summed E-state index contributed by atoms with van der Waals surface area (Å²) in [6.45, 7) is -0.165. The number of esters is 2. The summed E-state index contributed by atoms with van der Waals surface area (Å²) >= 11 is 1.30. The van der Waals surface area contributed by atoms with Gasteiger partial charge in [0.05, 0.1) is 0 Å². The number of thioether (sulfide) groups is 1. The molecule has 0 bridgehead atoms. The number of hydrogen-bond acceptors (Lipinski definition) is 7. The number of fused-ring (bicyclic) bond motifs is 1. The van der Waals surface area contributed by atoms with Gasteiger partial charge >= 0.3 is 11.9 Å². The number of ether oxygens (including phenoxy) is 2. The Morgan fingerprint density at radius 3 is 1.40 bits per heavy atom. The zero-order valence-corrected chi connectivity index (χ0v) is 23.6. The molecule has 8 heteroatoms. The maximum Gasteiger partial charge on any atom is 0.327 e. The molecule has 212 valence electrons. The van der Waals surface area contributed by atoms with Gasteiger partial charge in [-0.3, -0.25) is 14.4 Å². The highest BCUT2D eigenvalue weighted by molar-refractivity contribution is 8.00. The maximum absolute atomic E-state index is 14.3. The first-order chi connectivity index (χ1) is 20.5. The van der Waals surface area contributed by atoms with Crippen molar-refractivity contribution in [1.29, 1.82) is 0 Å². The molecule has 2 aliphatic rings. The lowest BCUT2D eigenvalue weighted by atomic mass is 9.86. The van der Waals surface area contributed by atoms with Crippen LogP contribution in [0.1, 0.15) is 34.5 Å². The third kappa shape index (κ3) is 5.19. The van der Waals surface area contributed by atoms with Crippen molar-refractivity contribution in [3.05, 3.63) is 144 Å². The largest absolute Gasteiger partial charge is 0.452 e. The van der Waals surface area contributed by atoms with Crippen molar-refractivity contribution in [2.24, 2.45) is 11.1 Å². The molecular weight excluding hydrogens is 548 g/mol. The van der Waals surface area contributed by atoms with Crippen molar-refractivity contribution in [2.45, 2.75) is 23.6 Å². The molecule has 7 nitrogen and oxygen atoms in total. The number of carbonyl (C=O) groups is 3. The number of nitrogens with zero attached hydrogens (tertiary/aromatic N) is 1. The van der Waals surface area contributed by atoms with Gasteiger partial charge in [0.1, 0.15) is 11.4 Å². The Bertz CT molecular complexity index is 1380. The van der Waals surface area contributed by atoms with E-state index >= 15 is 0 Å².